The third-order valence-corrected chi connectivity index (χ3v) is 0.585. The summed E-state index contributed by atoms with van der Waals surface area (Å²) in [4.78, 5) is 10.2. The molecule has 1 atom stereocenters. The van der Waals surface area contributed by atoms with Crippen molar-refractivity contribution < 1.29 is 8.91 Å². The Labute approximate surface area is 59.0 Å². The number of nitrogens with two attached hydrogens (primary N) is 2. The van der Waals surface area contributed by atoms with Gasteiger partial charge < -0.3 is 11.5 Å². The van der Waals surface area contributed by atoms with Gasteiger partial charge in [0.1, 0.15) is 0 Å². The molecular weight excluding hydrogens is 128 g/mol. The molecule has 0 bridgehead atoms. The lowest BCUT2D eigenvalue weighted by atomic mass is 10.2. The van der Waals surface area contributed by atoms with Gasteiger partial charge in [0.15, 0.2) is 0 Å². The van der Waals surface area contributed by atoms with Crippen LogP contribution in [0, 0.1) is 0 Å². The molecule has 0 saturated carbocycles. The van der Waals surface area contributed by atoms with Crippen molar-refractivity contribution >= 4 is 18.3 Å². The number of carbonyl (C=O) groups is 1. The normalized spacial score (nSPS) is 18.9. The maximum Gasteiger partial charge on any atom is 0.234 e. The van der Waals surface area contributed by atoms with Crippen LogP contribution in [0.25, 0.3) is 0 Å². The van der Waals surface area contributed by atoms with Crippen LogP contribution in [0.4, 0.5) is 0 Å². The van der Waals surface area contributed by atoms with Crippen molar-refractivity contribution in [1.82, 2.24) is 0 Å². The van der Waals surface area contributed by atoms with E-state index in [9.17, 15) is 4.79 Å². The molecule has 0 fully saturated rings. The minimum Gasteiger partial charge on any atom is -0.368 e. The fourth-order valence-corrected chi connectivity index (χ4v) is 0.101. The lowest BCUT2D eigenvalue weighted by Crippen LogP contribution is -2.35. The second-order valence-electron chi connectivity index (χ2n) is 1.21. The van der Waals surface area contributed by atoms with Gasteiger partial charge in [0.2, 0.25) is 5.91 Å². The summed E-state index contributed by atoms with van der Waals surface area (Å²) in [5.74, 6) is -0.781. The lowest BCUT2D eigenvalue weighted by Gasteiger charge is -1.98. The van der Waals surface area contributed by atoms with Gasteiger partial charge >= 0.3 is 0 Å². The van der Waals surface area contributed by atoms with Crippen LogP contribution in [0.3, 0.4) is 0 Å². The van der Waals surface area contributed by atoms with Gasteiger partial charge in [-0.25, -0.2) is 0 Å². The van der Waals surface area contributed by atoms with Crippen molar-refractivity contribution in [3.05, 3.63) is 0 Å². The Morgan fingerprint density at radius 2 is 2.50 bits per heavy atom. The zero-order valence-corrected chi connectivity index (χ0v) is 5.07. The van der Waals surface area contributed by atoms with Gasteiger partial charge in [0.25, 0.3) is 0 Å². The van der Waals surface area contributed by atoms with Crippen molar-refractivity contribution in [2.45, 2.75) is 19.3 Å². The first-order valence-electron chi connectivity index (χ1n) is 3.38. The Hall–Kier alpha value is -0.280. The first-order valence-corrected chi connectivity index (χ1v) is 1.88. The number of carbonyl (C=O) groups excluding carboxylic acids is 1. The van der Waals surface area contributed by atoms with E-state index in [0.29, 0.717) is 0 Å². The van der Waals surface area contributed by atoms with Gasteiger partial charge in [0.05, 0.1) is 6.04 Å². The van der Waals surface area contributed by atoms with Crippen LogP contribution in [0.2, 0.25) is 0 Å². The molecule has 0 unspecified atom stereocenters. The van der Waals surface area contributed by atoms with Gasteiger partial charge in [0, 0.05) is 4.11 Å². The highest BCUT2D eigenvalue weighted by atomic mass is 35.5. The first kappa shape index (κ1) is 4.58. The van der Waals surface area contributed by atoms with E-state index in [4.69, 9.17) is 15.6 Å². The van der Waals surface area contributed by atoms with Gasteiger partial charge in [-0.3, -0.25) is 4.79 Å². The highest BCUT2D eigenvalue weighted by Crippen LogP contribution is 1.80. The first-order chi connectivity index (χ1) is 4.33. The Kier molecular flexibility index (Phi) is 2.79. The highest BCUT2D eigenvalue weighted by molar-refractivity contribution is 5.85. The molecule has 8 heavy (non-hydrogen) atoms. The molecule has 4 heteroatoms. The fourth-order valence-electron chi connectivity index (χ4n) is 0.101. The number of amides is 1. The summed E-state index contributed by atoms with van der Waals surface area (Å²) < 4.78 is 20.1. The van der Waals surface area contributed by atoms with Crippen molar-refractivity contribution in [2.24, 2.45) is 11.5 Å². The summed E-state index contributed by atoms with van der Waals surface area (Å²) in [6, 6.07) is -1.06. The molecule has 0 rings (SSSR count). The highest BCUT2D eigenvalue weighted by Gasteiger charge is 2.02. The number of hydrogen-bond acceptors (Lipinski definition) is 2. The van der Waals surface area contributed by atoms with E-state index >= 15 is 0 Å². The van der Waals surface area contributed by atoms with Crippen LogP contribution in [-0.2, 0) is 4.79 Å². The minimum absolute atomic E-state index is 0. The van der Waals surface area contributed by atoms with E-state index in [2.05, 4.69) is 0 Å². The molecule has 0 aliphatic rings. The number of hydrogen-bond donors (Lipinski definition) is 2. The van der Waals surface area contributed by atoms with E-state index in [1.807, 2.05) is 0 Å². The van der Waals surface area contributed by atoms with Crippen LogP contribution < -0.4 is 11.5 Å². The average molecular weight is 142 g/mol. The molecule has 0 aliphatic carbocycles. The number of halogens is 1. The number of rotatable bonds is 2. The molecule has 0 aromatic carbocycles. The zero-order chi connectivity index (χ0) is 8.36. The van der Waals surface area contributed by atoms with Crippen LogP contribution in [0.5, 0.6) is 0 Å². The van der Waals surface area contributed by atoms with E-state index < -0.39 is 18.8 Å². The molecular formula is C4H11ClN2O. The van der Waals surface area contributed by atoms with Crippen molar-refractivity contribution in [3.8, 4) is 0 Å². The molecule has 0 radical (unpaired) electrons. The Morgan fingerprint density at radius 3 is 2.62 bits per heavy atom. The standard InChI is InChI=1S/C4H10N2O.ClH/c1-2-3(5)4(6)7;/h3H,2,5H2,1H3,(H2,6,7);1H/t3-;/m1./s1/i1D3;. The van der Waals surface area contributed by atoms with Gasteiger partial charge in [-0.05, 0) is 6.42 Å². The monoisotopic (exact) mass is 141 g/mol. The summed E-state index contributed by atoms with van der Waals surface area (Å²) >= 11 is 0. The van der Waals surface area contributed by atoms with Gasteiger partial charge in [-0.2, -0.15) is 0 Å². The maximum absolute atomic E-state index is 10.2. The predicted molar refractivity (Wildman–Crippen MR) is 34.7 cm³/mol. The summed E-state index contributed by atoms with van der Waals surface area (Å²) in [5.41, 5.74) is 9.80. The zero-order valence-electron chi connectivity index (χ0n) is 7.26. The van der Waals surface area contributed by atoms with E-state index in [0.717, 1.165) is 0 Å². The predicted octanol–water partition coefficient (Wildman–Crippen LogP) is -0.369. The quantitative estimate of drug-likeness (QED) is 0.551. The van der Waals surface area contributed by atoms with E-state index in [1.165, 1.54) is 0 Å². The minimum atomic E-state index is -2.17. The van der Waals surface area contributed by atoms with Crippen LogP contribution in [-0.4, -0.2) is 11.9 Å². The molecule has 0 aromatic heterocycles. The van der Waals surface area contributed by atoms with Gasteiger partial charge in [-0.15, -0.1) is 12.4 Å². The molecule has 4 N–H and O–H groups in total. The molecule has 0 spiro atoms. The Morgan fingerprint density at radius 1 is 2.00 bits per heavy atom. The summed E-state index contributed by atoms with van der Waals surface area (Å²) in [5, 5.41) is 0. The molecule has 0 aliphatic heterocycles. The SMILES string of the molecule is Cl.[2H]C([2H])([2H])C[C@@H](N)C(N)=O. The summed E-state index contributed by atoms with van der Waals surface area (Å²) in [6.45, 7) is -2.17. The largest absolute Gasteiger partial charge is 0.368 e. The number of primary amides is 1. The van der Waals surface area contributed by atoms with Crippen molar-refractivity contribution in [1.29, 1.82) is 0 Å². The second kappa shape index (κ2) is 4.87. The van der Waals surface area contributed by atoms with Crippen LogP contribution >= 0.6 is 12.4 Å². The third kappa shape index (κ3) is 3.89. The smallest absolute Gasteiger partial charge is 0.234 e. The Balaban J connectivity index is 0. The van der Waals surface area contributed by atoms with Gasteiger partial charge in [-0.1, -0.05) is 6.85 Å². The van der Waals surface area contributed by atoms with E-state index in [-0.39, 0.29) is 18.8 Å². The third-order valence-electron chi connectivity index (χ3n) is 0.585. The summed E-state index contributed by atoms with van der Waals surface area (Å²) in [7, 11) is 0. The van der Waals surface area contributed by atoms with Crippen molar-refractivity contribution in [2.75, 3.05) is 0 Å². The molecule has 0 heterocycles. The van der Waals surface area contributed by atoms with Crippen LogP contribution in [0.1, 0.15) is 17.4 Å². The molecule has 0 saturated heterocycles. The molecule has 0 aromatic rings. The molecule has 3 nitrogen and oxygen atoms in total. The summed E-state index contributed by atoms with van der Waals surface area (Å²) in [6.07, 6.45) is -0.359. The lowest BCUT2D eigenvalue weighted by molar-refractivity contribution is -0.119. The van der Waals surface area contributed by atoms with Crippen LogP contribution in [0.15, 0.2) is 0 Å². The topological polar surface area (TPSA) is 69.1 Å². The van der Waals surface area contributed by atoms with E-state index in [1.54, 1.807) is 0 Å². The molecule has 50 valence electrons. The Bertz CT molecular complexity index is 138. The average Bonchev–Trinajstić information content (AvgIpc) is 1.60. The second-order valence-corrected chi connectivity index (χ2v) is 1.21. The maximum atomic E-state index is 10.2. The molecule has 1 amide bonds. The fraction of sp³-hybridized carbons (Fsp3) is 0.750. The van der Waals surface area contributed by atoms with Crippen molar-refractivity contribution in [3.63, 3.8) is 0 Å².